The molecule has 0 aromatic carbocycles. The molecule has 11 heteroatoms. The van der Waals surface area contributed by atoms with E-state index in [9.17, 15) is 19.5 Å². The monoisotopic (exact) mass is 630 g/mol. The number of hydrogen-bond acceptors (Lipinski definition) is 9. The molecule has 0 rings (SSSR count). The molecular formula is C31H63NaO9Si. The minimum atomic E-state index is -2.53. The summed E-state index contributed by atoms with van der Waals surface area (Å²) in [5.74, 6) is -0.566. The second-order valence-electron chi connectivity index (χ2n) is 11.7. The fraction of sp³-hybridized carbons (Fsp3) is 0.903. The molecule has 0 bridgehead atoms. The van der Waals surface area contributed by atoms with Crippen LogP contribution >= 0.6 is 0 Å². The minimum Gasteiger partial charge on any atom is -0.550 e. The zero-order valence-corrected chi connectivity index (χ0v) is 32.6. The summed E-state index contributed by atoms with van der Waals surface area (Å²) < 4.78 is 26.4. The Morgan fingerprint density at radius 1 is 0.786 bits per heavy atom. The van der Waals surface area contributed by atoms with Crippen molar-refractivity contribution in [1.82, 2.24) is 0 Å². The van der Waals surface area contributed by atoms with E-state index in [0.29, 0.717) is 38.0 Å². The average molecular weight is 631 g/mol. The summed E-state index contributed by atoms with van der Waals surface area (Å²) in [6.45, 7) is 20.2. The van der Waals surface area contributed by atoms with Gasteiger partial charge in [0.1, 0.15) is 0 Å². The van der Waals surface area contributed by atoms with Crippen LogP contribution in [0, 0.1) is 22.7 Å². The van der Waals surface area contributed by atoms with Crippen molar-refractivity contribution < 1.29 is 71.8 Å². The average Bonchev–Trinajstić information content (AvgIpc) is 2.97. The van der Waals surface area contributed by atoms with E-state index in [2.05, 4.69) is 13.8 Å². The zero-order chi connectivity index (χ0) is 32.7. The third kappa shape index (κ3) is 22.1. The van der Waals surface area contributed by atoms with Gasteiger partial charge in [-0.3, -0.25) is 9.59 Å². The van der Waals surface area contributed by atoms with Gasteiger partial charge in [0, 0.05) is 38.8 Å². The third-order valence-electron chi connectivity index (χ3n) is 7.69. The molecule has 246 valence electrons. The van der Waals surface area contributed by atoms with Gasteiger partial charge in [-0.15, -0.1) is 0 Å². The van der Waals surface area contributed by atoms with Gasteiger partial charge in [-0.2, -0.15) is 0 Å². The quantitative estimate of drug-likeness (QED) is 0.120. The summed E-state index contributed by atoms with van der Waals surface area (Å²) in [4.78, 5) is 33.3. The molecule has 0 saturated carbocycles. The van der Waals surface area contributed by atoms with Crippen LogP contribution in [0.15, 0.2) is 0 Å². The van der Waals surface area contributed by atoms with E-state index in [1.54, 1.807) is 35.2 Å². The molecule has 0 saturated heterocycles. The summed E-state index contributed by atoms with van der Waals surface area (Å²) in [5.41, 5.74) is -1.07. The normalized spacial score (nSPS) is 12.8. The van der Waals surface area contributed by atoms with Crippen molar-refractivity contribution in [3.8, 4) is 0 Å². The molecule has 2 atom stereocenters. The van der Waals surface area contributed by atoms with E-state index in [-0.39, 0.29) is 47.4 Å². The number of carbonyl (C=O) groups is 3. The summed E-state index contributed by atoms with van der Waals surface area (Å²) in [7, 11) is 2.19. The van der Waals surface area contributed by atoms with Gasteiger partial charge in [0.25, 0.3) is 0 Å². The molecule has 42 heavy (non-hydrogen) atoms. The van der Waals surface area contributed by atoms with Crippen molar-refractivity contribution in [3.63, 3.8) is 0 Å². The van der Waals surface area contributed by atoms with Crippen molar-refractivity contribution in [2.24, 2.45) is 22.7 Å². The fourth-order valence-electron chi connectivity index (χ4n) is 2.90. The number of rotatable bonds is 19. The molecule has 0 aliphatic rings. The Kier molecular flexibility index (Phi) is 31.0. The molecule has 0 aliphatic carbocycles. The van der Waals surface area contributed by atoms with Crippen LogP contribution in [-0.4, -0.2) is 61.3 Å². The second kappa shape index (κ2) is 26.9. The molecule has 0 fully saturated rings. The summed E-state index contributed by atoms with van der Waals surface area (Å²) in [6.07, 6.45) is 7.66. The van der Waals surface area contributed by atoms with E-state index in [1.807, 2.05) is 41.5 Å². The van der Waals surface area contributed by atoms with Crippen LogP contribution in [0.2, 0.25) is 6.04 Å². The molecule has 0 N–H and O–H groups in total. The van der Waals surface area contributed by atoms with Crippen LogP contribution < -0.4 is 34.7 Å². The number of hydrogen-bond donors (Lipinski definition) is 0. The van der Waals surface area contributed by atoms with Crippen molar-refractivity contribution >= 4 is 26.7 Å². The number of unbranched alkanes of at least 4 members (excludes halogenated alkanes) is 1. The number of carboxylic acids is 1. The molecular weight excluding hydrogens is 567 g/mol. The minimum absolute atomic E-state index is 0. The van der Waals surface area contributed by atoms with Crippen LogP contribution in [0.5, 0.6) is 0 Å². The molecule has 0 heterocycles. The van der Waals surface area contributed by atoms with Crippen LogP contribution in [-0.2, 0) is 37.1 Å². The topological polar surface area (TPSA) is 120 Å². The first kappa shape index (κ1) is 48.4. The fourth-order valence-corrected chi connectivity index (χ4v) is 4.59. The van der Waals surface area contributed by atoms with Gasteiger partial charge in [-0.25, -0.2) is 0 Å². The van der Waals surface area contributed by atoms with E-state index < -0.39 is 25.6 Å². The SMILES string of the molecule is CCC(C)(C)C(=O)OCCC[Si](OC)(OC)OC.CCC(C)(C)C(=O)[O-].CCCCC(CC)COC(=O)C(C)CC.[Na+]. The number of esters is 2. The predicted molar refractivity (Wildman–Crippen MR) is 164 cm³/mol. The molecule has 0 spiro atoms. The van der Waals surface area contributed by atoms with Crippen molar-refractivity contribution in [1.29, 1.82) is 0 Å². The standard InChI is InChI=1S/C13H26O2.C12H26O5Si.C6H12O2.Na/c1-5-8-9-12(7-3)10-15-13(14)11(4)6-2;1-7-12(2,3)11(13)17-9-8-10-18(14-4,15-5)16-6;1-4-6(2,3)5(7)8;/h11-12H,5-10H2,1-4H3;7-10H2,1-6H3;4H2,1-3H3,(H,7,8);/q;;;+1/p-1. The molecule has 9 nitrogen and oxygen atoms in total. The zero-order valence-electron chi connectivity index (χ0n) is 29.6. The van der Waals surface area contributed by atoms with Gasteiger partial charge in [-0.1, -0.05) is 74.7 Å². The predicted octanol–water partition coefficient (Wildman–Crippen LogP) is 3.20. The molecule has 0 aromatic heterocycles. The van der Waals surface area contributed by atoms with E-state index in [0.717, 1.165) is 19.3 Å². The Balaban J connectivity index is -0.000000272. The molecule has 2 unspecified atom stereocenters. The van der Waals surface area contributed by atoms with Crippen molar-refractivity contribution in [2.45, 2.75) is 127 Å². The number of carbonyl (C=O) groups excluding carboxylic acids is 3. The van der Waals surface area contributed by atoms with Crippen LogP contribution in [0.1, 0.15) is 121 Å². The van der Waals surface area contributed by atoms with Gasteiger partial charge in [0.15, 0.2) is 0 Å². The number of ether oxygens (including phenoxy) is 2. The first-order chi connectivity index (χ1) is 19.0. The second-order valence-corrected chi connectivity index (χ2v) is 14.7. The van der Waals surface area contributed by atoms with E-state index in [1.165, 1.54) is 19.3 Å². The van der Waals surface area contributed by atoms with Gasteiger partial charge in [0.2, 0.25) is 0 Å². The number of aliphatic carboxylic acids is 1. The third-order valence-corrected chi connectivity index (χ3v) is 10.5. The Hall–Kier alpha value is -0.493. The first-order valence-electron chi connectivity index (χ1n) is 15.2. The maximum absolute atomic E-state index is 11.7. The Bertz CT molecular complexity index is 690. The van der Waals surface area contributed by atoms with Gasteiger partial charge < -0.3 is 32.7 Å². The van der Waals surface area contributed by atoms with E-state index in [4.69, 9.17) is 22.8 Å². The van der Waals surface area contributed by atoms with E-state index >= 15 is 0 Å². The maximum atomic E-state index is 11.7. The van der Waals surface area contributed by atoms with Gasteiger partial charge in [-0.05, 0) is 51.9 Å². The van der Waals surface area contributed by atoms with Gasteiger partial charge >= 0.3 is 50.3 Å². The Labute approximate surface area is 281 Å². The van der Waals surface area contributed by atoms with Crippen LogP contribution in [0.25, 0.3) is 0 Å². The molecule has 0 aromatic rings. The Morgan fingerprint density at radius 3 is 1.62 bits per heavy atom. The summed E-state index contributed by atoms with van der Waals surface area (Å²) >= 11 is 0. The Morgan fingerprint density at radius 2 is 1.29 bits per heavy atom. The number of carboxylic acid groups (broad SMARTS) is 1. The van der Waals surface area contributed by atoms with Crippen LogP contribution in [0.4, 0.5) is 0 Å². The largest absolute Gasteiger partial charge is 1.00 e. The van der Waals surface area contributed by atoms with Crippen LogP contribution in [0.3, 0.4) is 0 Å². The maximum Gasteiger partial charge on any atom is 1.00 e. The van der Waals surface area contributed by atoms with Gasteiger partial charge in [0.05, 0.1) is 24.5 Å². The van der Waals surface area contributed by atoms with Crippen molar-refractivity contribution in [2.75, 3.05) is 34.5 Å². The smallest absolute Gasteiger partial charge is 0.550 e. The summed E-state index contributed by atoms with van der Waals surface area (Å²) in [5, 5.41) is 10.1. The molecule has 0 amide bonds. The first-order valence-corrected chi connectivity index (χ1v) is 17.2. The van der Waals surface area contributed by atoms with Crippen molar-refractivity contribution in [3.05, 3.63) is 0 Å². The summed E-state index contributed by atoms with van der Waals surface area (Å²) in [6, 6.07) is 0.635. The molecule has 0 radical (unpaired) electrons. The molecule has 0 aliphatic heterocycles.